The van der Waals surface area contributed by atoms with Gasteiger partial charge >= 0.3 is 5.97 Å². The Morgan fingerprint density at radius 1 is 0.913 bits per heavy atom. The Kier molecular flexibility index (Phi) is 14.1. The molecule has 0 aromatic carbocycles. The monoisotopic (exact) mass is 332 g/mol. The number of esters is 1. The molecule has 0 bridgehead atoms. The van der Waals surface area contributed by atoms with Crippen LogP contribution in [0.2, 0.25) is 0 Å². The largest absolute Gasteiger partial charge is 0.461 e. The van der Waals surface area contributed by atoms with Crippen molar-refractivity contribution in [2.75, 3.05) is 6.61 Å². The Balaban J connectivity index is 3.59. The maximum Gasteiger partial charge on any atom is 0.306 e. The number of alkyl halides is 2. The van der Waals surface area contributed by atoms with Gasteiger partial charge in [-0.05, 0) is 25.0 Å². The van der Waals surface area contributed by atoms with Gasteiger partial charge in [0.2, 0.25) is 0 Å². The van der Waals surface area contributed by atoms with Crippen LogP contribution in [-0.4, -0.2) is 18.5 Å². The third kappa shape index (κ3) is 15.7. The van der Waals surface area contributed by atoms with E-state index in [1.54, 1.807) is 0 Å². The van der Waals surface area contributed by atoms with Crippen LogP contribution in [0.15, 0.2) is 12.2 Å². The van der Waals surface area contributed by atoms with Crippen molar-refractivity contribution in [1.82, 2.24) is 0 Å². The lowest BCUT2D eigenvalue weighted by Gasteiger charge is -2.11. The van der Waals surface area contributed by atoms with Crippen molar-refractivity contribution in [3.63, 3.8) is 0 Å². The minimum Gasteiger partial charge on any atom is -0.461 e. The SMILES string of the molecule is CCCCCCCCCC(=O)OC/C=C\C(F)(F)CCCCC. The molecule has 136 valence electrons. The lowest BCUT2D eigenvalue weighted by molar-refractivity contribution is -0.142. The maximum atomic E-state index is 13.4. The van der Waals surface area contributed by atoms with Crippen molar-refractivity contribution in [1.29, 1.82) is 0 Å². The zero-order valence-corrected chi connectivity index (χ0v) is 14.9. The number of allylic oxidation sites excluding steroid dienone is 1. The molecule has 0 rings (SSSR count). The number of carbonyl (C=O) groups is 1. The maximum absolute atomic E-state index is 13.4. The fraction of sp³-hybridized carbons (Fsp3) is 0.842. The standard InChI is InChI=1S/C19H34F2O2/c1-3-5-7-8-9-10-11-14-18(22)23-17-13-16-19(20,21)15-12-6-4-2/h13,16H,3-12,14-15,17H2,1-2H3/b16-13-. The number of unbranched alkanes of at least 4 members (excludes halogenated alkanes) is 8. The second-order valence-corrected chi connectivity index (χ2v) is 6.17. The first-order chi connectivity index (χ1) is 11.0. The van der Waals surface area contributed by atoms with Crippen molar-refractivity contribution in [2.45, 2.75) is 96.8 Å². The molecule has 23 heavy (non-hydrogen) atoms. The van der Waals surface area contributed by atoms with Gasteiger partial charge < -0.3 is 4.74 Å². The van der Waals surface area contributed by atoms with E-state index in [0.29, 0.717) is 12.8 Å². The Morgan fingerprint density at radius 2 is 1.48 bits per heavy atom. The van der Waals surface area contributed by atoms with Gasteiger partial charge in [-0.15, -0.1) is 0 Å². The molecular formula is C19H34F2O2. The Labute approximate surface area is 140 Å². The average molecular weight is 332 g/mol. The van der Waals surface area contributed by atoms with E-state index in [1.807, 2.05) is 6.92 Å². The van der Waals surface area contributed by atoms with Crippen molar-refractivity contribution < 1.29 is 18.3 Å². The number of rotatable bonds is 15. The first-order valence-corrected chi connectivity index (χ1v) is 9.23. The summed E-state index contributed by atoms with van der Waals surface area (Å²) in [4.78, 5) is 11.5. The van der Waals surface area contributed by atoms with Crippen LogP contribution < -0.4 is 0 Å². The van der Waals surface area contributed by atoms with Crippen LogP contribution in [0.1, 0.15) is 90.9 Å². The predicted molar refractivity (Wildman–Crippen MR) is 91.8 cm³/mol. The third-order valence-corrected chi connectivity index (χ3v) is 3.80. The van der Waals surface area contributed by atoms with Gasteiger partial charge in [-0.2, -0.15) is 0 Å². The molecule has 0 atom stereocenters. The highest BCUT2D eigenvalue weighted by Crippen LogP contribution is 2.23. The zero-order valence-electron chi connectivity index (χ0n) is 14.9. The normalized spacial score (nSPS) is 12.0. The van der Waals surface area contributed by atoms with Crippen molar-refractivity contribution in [2.24, 2.45) is 0 Å². The molecule has 0 N–H and O–H groups in total. The number of ether oxygens (including phenoxy) is 1. The average Bonchev–Trinajstić information content (AvgIpc) is 2.51. The molecule has 0 unspecified atom stereocenters. The summed E-state index contributed by atoms with van der Waals surface area (Å²) >= 11 is 0. The molecule has 0 aliphatic carbocycles. The third-order valence-electron chi connectivity index (χ3n) is 3.80. The summed E-state index contributed by atoms with van der Waals surface area (Å²) in [5.41, 5.74) is 0. The van der Waals surface area contributed by atoms with Gasteiger partial charge in [-0.3, -0.25) is 4.79 Å². The second-order valence-electron chi connectivity index (χ2n) is 6.17. The lowest BCUT2D eigenvalue weighted by atomic mass is 10.1. The topological polar surface area (TPSA) is 26.3 Å². The second kappa shape index (κ2) is 14.6. The van der Waals surface area contributed by atoms with Gasteiger partial charge in [0.25, 0.3) is 5.92 Å². The first kappa shape index (κ1) is 22.1. The summed E-state index contributed by atoms with van der Waals surface area (Å²) in [6.45, 7) is 4.11. The first-order valence-electron chi connectivity index (χ1n) is 9.23. The van der Waals surface area contributed by atoms with Crippen LogP contribution in [-0.2, 0) is 9.53 Å². The molecule has 0 fully saturated rings. The van der Waals surface area contributed by atoms with Crippen LogP contribution in [0.5, 0.6) is 0 Å². The smallest absolute Gasteiger partial charge is 0.306 e. The van der Waals surface area contributed by atoms with Gasteiger partial charge in [-0.1, -0.05) is 65.2 Å². The molecule has 0 radical (unpaired) electrons. The highest BCUT2D eigenvalue weighted by Gasteiger charge is 2.23. The van der Waals surface area contributed by atoms with E-state index in [1.165, 1.54) is 31.8 Å². The van der Waals surface area contributed by atoms with Crippen molar-refractivity contribution >= 4 is 5.97 Å². The molecule has 0 aromatic rings. The minimum absolute atomic E-state index is 0.0568. The summed E-state index contributed by atoms with van der Waals surface area (Å²) < 4.78 is 31.8. The van der Waals surface area contributed by atoms with Gasteiger partial charge in [0.1, 0.15) is 6.61 Å². The molecule has 2 nitrogen and oxygen atoms in total. The Morgan fingerprint density at radius 3 is 2.13 bits per heavy atom. The van der Waals surface area contributed by atoms with Gasteiger partial charge in [0.15, 0.2) is 0 Å². The molecule has 0 aliphatic rings. The fourth-order valence-corrected chi connectivity index (χ4v) is 2.35. The van der Waals surface area contributed by atoms with Crippen LogP contribution in [0, 0.1) is 0 Å². The van der Waals surface area contributed by atoms with Gasteiger partial charge in [0, 0.05) is 12.8 Å². The summed E-state index contributed by atoms with van der Waals surface area (Å²) in [5, 5.41) is 0. The van der Waals surface area contributed by atoms with E-state index in [2.05, 4.69) is 6.92 Å². The highest BCUT2D eigenvalue weighted by atomic mass is 19.3. The van der Waals surface area contributed by atoms with E-state index in [9.17, 15) is 13.6 Å². The Hall–Kier alpha value is -0.930. The molecule has 0 amide bonds. The zero-order chi connectivity index (χ0) is 17.4. The highest BCUT2D eigenvalue weighted by molar-refractivity contribution is 5.69. The molecule has 0 saturated carbocycles. The number of hydrogen-bond donors (Lipinski definition) is 0. The molecule has 0 spiro atoms. The van der Waals surface area contributed by atoms with E-state index in [-0.39, 0.29) is 19.0 Å². The number of hydrogen-bond acceptors (Lipinski definition) is 2. The predicted octanol–water partition coefficient (Wildman–Crippen LogP) is 6.44. The minimum atomic E-state index is -2.79. The molecule has 4 heteroatoms. The molecular weight excluding hydrogens is 298 g/mol. The van der Waals surface area contributed by atoms with Crippen LogP contribution in [0.4, 0.5) is 8.78 Å². The van der Waals surface area contributed by atoms with E-state index >= 15 is 0 Å². The van der Waals surface area contributed by atoms with E-state index in [0.717, 1.165) is 38.2 Å². The van der Waals surface area contributed by atoms with Crippen LogP contribution in [0.25, 0.3) is 0 Å². The summed E-state index contributed by atoms with van der Waals surface area (Å²) in [7, 11) is 0. The summed E-state index contributed by atoms with van der Waals surface area (Å²) in [6.07, 6.45) is 12.6. The van der Waals surface area contributed by atoms with Crippen LogP contribution in [0.3, 0.4) is 0 Å². The number of halogens is 2. The summed E-state index contributed by atoms with van der Waals surface area (Å²) in [5.74, 6) is -3.09. The molecule has 0 aliphatic heterocycles. The lowest BCUT2D eigenvalue weighted by Crippen LogP contribution is -2.12. The quantitative estimate of drug-likeness (QED) is 0.196. The van der Waals surface area contributed by atoms with Gasteiger partial charge in [0.05, 0.1) is 0 Å². The summed E-state index contributed by atoms with van der Waals surface area (Å²) in [6, 6.07) is 0. The Bertz CT molecular complexity index is 314. The fourth-order valence-electron chi connectivity index (χ4n) is 2.35. The van der Waals surface area contributed by atoms with E-state index in [4.69, 9.17) is 4.74 Å². The molecule has 0 saturated heterocycles. The molecule has 0 aromatic heterocycles. The van der Waals surface area contributed by atoms with Gasteiger partial charge in [-0.25, -0.2) is 8.78 Å². The van der Waals surface area contributed by atoms with Crippen molar-refractivity contribution in [3.05, 3.63) is 12.2 Å². The van der Waals surface area contributed by atoms with Crippen molar-refractivity contribution in [3.8, 4) is 0 Å². The number of carbonyl (C=O) groups excluding carboxylic acids is 1. The van der Waals surface area contributed by atoms with E-state index < -0.39 is 5.92 Å². The van der Waals surface area contributed by atoms with Crippen LogP contribution >= 0.6 is 0 Å². The molecule has 0 heterocycles.